The number of rotatable bonds is 2. The van der Waals surface area contributed by atoms with Crippen LogP contribution in [0.25, 0.3) is 0 Å². The molecule has 0 amide bonds. The molecule has 0 saturated carbocycles. The average molecular weight is 185 g/mol. The van der Waals surface area contributed by atoms with Crippen LogP contribution in [-0.4, -0.2) is 10.9 Å². The number of halogens is 1. The van der Waals surface area contributed by atoms with Crippen molar-refractivity contribution in [3.05, 3.63) is 29.8 Å². The first kappa shape index (κ1) is 9.07. The van der Waals surface area contributed by atoms with Gasteiger partial charge in [0.1, 0.15) is 11.1 Å². The molecule has 0 aliphatic heterocycles. The van der Waals surface area contributed by atoms with E-state index in [1.165, 1.54) is 19.1 Å². The van der Waals surface area contributed by atoms with Crippen LogP contribution >= 0.6 is 11.6 Å². The Hall–Kier alpha value is -1.02. The monoisotopic (exact) mass is 184 g/mol. The summed E-state index contributed by atoms with van der Waals surface area (Å²) < 4.78 is 0. The van der Waals surface area contributed by atoms with E-state index >= 15 is 0 Å². The lowest BCUT2D eigenvalue weighted by Crippen LogP contribution is -2.00. The van der Waals surface area contributed by atoms with Gasteiger partial charge in [0.25, 0.3) is 0 Å². The summed E-state index contributed by atoms with van der Waals surface area (Å²) in [5, 5.41) is 8.34. The van der Waals surface area contributed by atoms with Crippen molar-refractivity contribution in [3.63, 3.8) is 0 Å². The van der Waals surface area contributed by atoms with Gasteiger partial charge >= 0.3 is 0 Å². The molecule has 1 aromatic carbocycles. The number of carbonyl (C=O) groups is 1. The van der Waals surface area contributed by atoms with E-state index in [1.54, 1.807) is 12.1 Å². The smallest absolute Gasteiger partial charge is 0.152 e. The molecule has 1 N–H and O–H groups in total. The van der Waals surface area contributed by atoms with Crippen LogP contribution in [0, 0.1) is 0 Å². The maximum absolute atomic E-state index is 10.8. The highest BCUT2D eigenvalue weighted by atomic mass is 35.5. The Morgan fingerprint density at radius 2 is 1.92 bits per heavy atom. The van der Waals surface area contributed by atoms with Crippen molar-refractivity contribution in [2.75, 3.05) is 0 Å². The van der Waals surface area contributed by atoms with Crippen molar-refractivity contribution in [1.82, 2.24) is 0 Å². The van der Waals surface area contributed by atoms with Gasteiger partial charge in [0, 0.05) is 0 Å². The molecule has 1 aromatic rings. The van der Waals surface area contributed by atoms with Gasteiger partial charge in [0.2, 0.25) is 0 Å². The minimum Gasteiger partial charge on any atom is -0.508 e. The fourth-order valence-electron chi connectivity index (χ4n) is 0.878. The third-order valence-corrected chi connectivity index (χ3v) is 2.10. The van der Waals surface area contributed by atoms with Gasteiger partial charge in [0.15, 0.2) is 5.78 Å². The van der Waals surface area contributed by atoms with Crippen molar-refractivity contribution < 1.29 is 9.90 Å². The quantitative estimate of drug-likeness (QED) is 0.716. The van der Waals surface area contributed by atoms with Crippen LogP contribution in [0.5, 0.6) is 5.75 Å². The molecule has 1 rings (SSSR count). The molecule has 1 atom stereocenters. The van der Waals surface area contributed by atoms with E-state index in [0.717, 1.165) is 0 Å². The van der Waals surface area contributed by atoms with Crippen LogP contribution in [0.2, 0.25) is 0 Å². The van der Waals surface area contributed by atoms with Crippen LogP contribution in [0.1, 0.15) is 17.9 Å². The highest BCUT2D eigenvalue weighted by Crippen LogP contribution is 2.22. The maximum Gasteiger partial charge on any atom is 0.152 e. The van der Waals surface area contributed by atoms with Crippen LogP contribution < -0.4 is 0 Å². The molecular formula is C9H9ClO2. The lowest BCUT2D eigenvalue weighted by atomic mass is 10.1. The van der Waals surface area contributed by atoms with Crippen molar-refractivity contribution in [1.29, 1.82) is 0 Å². The number of Topliss-reactive ketones (excluding diaryl/α,β-unsaturated/α-hetero) is 1. The van der Waals surface area contributed by atoms with Gasteiger partial charge in [-0.25, -0.2) is 0 Å². The summed E-state index contributed by atoms with van der Waals surface area (Å²) in [6.45, 7) is 1.44. The Morgan fingerprint density at radius 1 is 1.42 bits per heavy atom. The molecule has 12 heavy (non-hydrogen) atoms. The first-order valence-electron chi connectivity index (χ1n) is 3.54. The van der Waals surface area contributed by atoms with E-state index in [2.05, 4.69) is 0 Å². The minimum absolute atomic E-state index is 0.0950. The summed E-state index contributed by atoms with van der Waals surface area (Å²) in [7, 11) is 0. The largest absolute Gasteiger partial charge is 0.508 e. The second-order valence-corrected chi connectivity index (χ2v) is 3.00. The Labute approximate surface area is 75.8 Å². The third kappa shape index (κ3) is 1.98. The standard InChI is InChI=1S/C9H9ClO2/c1-6(11)9(10)7-2-4-8(12)5-3-7/h2-5,9,12H,1H3. The summed E-state index contributed by atoms with van der Waals surface area (Å²) in [6, 6.07) is 6.28. The molecule has 0 heterocycles. The topological polar surface area (TPSA) is 37.3 Å². The number of carbonyl (C=O) groups excluding carboxylic acids is 1. The Bertz CT molecular complexity index is 279. The van der Waals surface area contributed by atoms with Crippen LogP contribution in [0.3, 0.4) is 0 Å². The summed E-state index contributed by atoms with van der Waals surface area (Å²) in [5.74, 6) is 0.0773. The number of phenols is 1. The predicted octanol–water partition coefficient (Wildman–Crippen LogP) is 2.26. The molecule has 0 fully saturated rings. The summed E-state index contributed by atoms with van der Waals surface area (Å²) in [5.41, 5.74) is 0.710. The van der Waals surface area contributed by atoms with E-state index < -0.39 is 5.38 Å². The lowest BCUT2D eigenvalue weighted by molar-refractivity contribution is -0.116. The van der Waals surface area contributed by atoms with Gasteiger partial charge in [-0.05, 0) is 24.6 Å². The molecule has 1 unspecified atom stereocenters. The van der Waals surface area contributed by atoms with E-state index in [-0.39, 0.29) is 11.5 Å². The van der Waals surface area contributed by atoms with E-state index in [0.29, 0.717) is 5.56 Å². The number of hydrogen-bond donors (Lipinski definition) is 1. The minimum atomic E-state index is -0.606. The van der Waals surface area contributed by atoms with E-state index in [1.807, 2.05) is 0 Å². The second-order valence-electron chi connectivity index (χ2n) is 2.56. The van der Waals surface area contributed by atoms with Crippen molar-refractivity contribution in [2.24, 2.45) is 0 Å². The number of hydrogen-bond acceptors (Lipinski definition) is 2. The molecule has 0 aliphatic carbocycles. The first-order valence-corrected chi connectivity index (χ1v) is 3.98. The molecule has 0 aliphatic rings. The fourth-order valence-corrected chi connectivity index (χ4v) is 1.02. The second kappa shape index (κ2) is 3.59. The van der Waals surface area contributed by atoms with Crippen LogP contribution in [0.15, 0.2) is 24.3 Å². The summed E-state index contributed by atoms with van der Waals surface area (Å²) >= 11 is 5.76. The highest BCUT2D eigenvalue weighted by Gasteiger charge is 2.11. The molecule has 64 valence electrons. The number of benzene rings is 1. The maximum atomic E-state index is 10.8. The SMILES string of the molecule is CC(=O)C(Cl)c1ccc(O)cc1. The fraction of sp³-hybridized carbons (Fsp3) is 0.222. The highest BCUT2D eigenvalue weighted by molar-refractivity contribution is 6.30. The van der Waals surface area contributed by atoms with Gasteiger partial charge in [-0.1, -0.05) is 12.1 Å². The third-order valence-electron chi connectivity index (χ3n) is 1.54. The normalized spacial score (nSPS) is 12.5. The Kier molecular flexibility index (Phi) is 2.71. The molecule has 0 radical (unpaired) electrons. The van der Waals surface area contributed by atoms with Crippen LogP contribution in [-0.2, 0) is 4.79 Å². The average Bonchev–Trinajstić information content (AvgIpc) is 2.04. The van der Waals surface area contributed by atoms with Gasteiger partial charge in [-0.2, -0.15) is 0 Å². The van der Waals surface area contributed by atoms with E-state index in [9.17, 15) is 4.79 Å². The number of ketones is 1. The predicted molar refractivity (Wildman–Crippen MR) is 47.4 cm³/mol. The number of alkyl halides is 1. The molecular weight excluding hydrogens is 176 g/mol. The number of aromatic hydroxyl groups is 1. The summed E-state index contributed by atoms with van der Waals surface area (Å²) in [6.07, 6.45) is 0. The molecule has 0 spiro atoms. The van der Waals surface area contributed by atoms with Crippen LogP contribution in [0.4, 0.5) is 0 Å². The van der Waals surface area contributed by atoms with Gasteiger partial charge in [-0.15, -0.1) is 11.6 Å². The molecule has 0 aromatic heterocycles. The zero-order chi connectivity index (χ0) is 9.14. The zero-order valence-electron chi connectivity index (χ0n) is 6.62. The molecule has 3 heteroatoms. The van der Waals surface area contributed by atoms with Crippen molar-refractivity contribution in [2.45, 2.75) is 12.3 Å². The summed E-state index contributed by atoms with van der Waals surface area (Å²) in [4.78, 5) is 10.8. The Morgan fingerprint density at radius 3 is 2.33 bits per heavy atom. The molecule has 2 nitrogen and oxygen atoms in total. The first-order chi connectivity index (χ1) is 5.61. The van der Waals surface area contributed by atoms with Gasteiger partial charge in [-0.3, -0.25) is 4.79 Å². The molecule has 0 saturated heterocycles. The van der Waals surface area contributed by atoms with E-state index in [4.69, 9.17) is 16.7 Å². The number of phenolic OH excluding ortho intramolecular Hbond substituents is 1. The van der Waals surface area contributed by atoms with Crippen molar-refractivity contribution >= 4 is 17.4 Å². The van der Waals surface area contributed by atoms with Gasteiger partial charge < -0.3 is 5.11 Å². The Balaban J connectivity index is 2.89. The zero-order valence-corrected chi connectivity index (χ0v) is 7.38. The van der Waals surface area contributed by atoms with Gasteiger partial charge in [0.05, 0.1) is 0 Å². The van der Waals surface area contributed by atoms with Crippen molar-refractivity contribution in [3.8, 4) is 5.75 Å². The molecule has 0 bridgehead atoms. The lowest BCUT2D eigenvalue weighted by Gasteiger charge is -2.04.